The first-order valence-corrected chi connectivity index (χ1v) is 6.96. The number of aromatic amines is 1. The molecule has 0 radical (unpaired) electrons. The summed E-state index contributed by atoms with van der Waals surface area (Å²) in [4.78, 5) is 25.6. The molecule has 0 amide bonds. The summed E-state index contributed by atoms with van der Waals surface area (Å²) in [7, 11) is 0. The zero-order valence-electron chi connectivity index (χ0n) is 12.1. The molecule has 2 rings (SSSR count). The highest BCUT2D eigenvalue weighted by Gasteiger charge is 2.45. The molecule has 0 saturated carbocycles. The van der Waals surface area contributed by atoms with E-state index < -0.39 is 35.8 Å². The van der Waals surface area contributed by atoms with Gasteiger partial charge in [-0.3, -0.25) is 14.3 Å². The van der Waals surface area contributed by atoms with E-state index in [-0.39, 0.29) is 6.61 Å². The van der Waals surface area contributed by atoms with E-state index in [9.17, 15) is 14.7 Å². The van der Waals surface area contributed by atoms with Gasteiger partial charge in [0, 0.05) is 18.3 Å². The van der Waals surface area contributed by atoms with Crippen LogP contribution in [0.25, 0.3) is 0 Å². The maximum atomic E-state index is 12.0. The van der Waals surface area contributed by atoms with Crippen LogP contribution < -0.4 is 17.0 Å². The molecular weight excluding hydrogens is 278 g/mol. The van der Waals surface area contributed by atoms with Crippen LogP contribution in [0.4, 0.5) is 0 Å². The van der Waals surface area contributed by atoms with Crippen molar-refractivity contribution in [2.45, 2.75) is 44.8 Å². The number of nitrogens with two attached hydrogens (primary N) is 1. The Morgan fingerprint density at radius 2 is 2.24 bits per heavy atom. The lowest BCUT2D eigenvalue weighted by atomic mass is 10.1. The van der Waals surface area contributed by atoms with Crippen molar-refractivity contribution in [3.05, 3.63) is 32.6 Å². The molecule has 0 spiro atoms. The van der Waals surface area contributed by atoms with E-state index in [1.165, 1.54) is 10.8 Å². The van der Waals surface area contributed by atoms with Gasteiger partial charge in [-0.1, -0.05) is 6.92 Å². The van der Waals surface area contributed by atoms with Gasteiger partial charge in [0.05, 0.1) is 12.7 Å². The number of hydrogen-bond donors (Lipinski definition) is 3. The van der Waals surface area contributed by atoms with Crippen molar-refractivity contribution in [3.63, 3.8) is 0 Å². The van der Waals surface area contributed by atoms with Crippen molar-refractivity contribution in [2.75, 3.05) is 13.2 Å². The van der Waals surface area contributed by atoms with Crippen molar-refractivity contribution >= 4 is 0 Å². The summed E-state index contributed by atoms with van der Waals surface area (Å²) in [6, 6.07) is 0. The van der Waals surface area contributed by atoms with Crippen LogP contribution in [-0.2, 0) is 9.47 Å². The van der Waals surface area contributed by atoms with Crippen LogP contribution >= 0.6 is 0 Å². The van der Waals surface area contributed by atoms with Crippen molar-refractivity contribution in [1.29, 1.82) is 0 Å². The number of rotatable bonds is 5. The number of hydrogen-bond acceptors (Lipinski definition) is 6. The number of ether oxygens (including phenoxy) is 2. The standard InChI is InChI=1S/C13H21N3O5/c1-3-8-9(17)10(20-5-4-14)12(21-8)16-6-7(2)11(18)15-13(16)19/h6,8-10,12,17H,3-5,14H2,1-2H3,(H,15,18,19)/t8-,9?,10?,12-/m1/s1. The Bertz CT molecular complexity index is 596. The minimum Gasteiger partial charge on any atom is -0.388 e. The third-order valence-corrected chi connectivity index (χ3v) is 3.56. The summed E-state index contributed by atoms with van der Waals surface area (Å²) in [6.07, 6.45) is -0.796. The quantitative estimate of drug-likeness (QED) is 0.632. The minimum atomic E-state index is -0.856. The smallest absolute Gasteiger partial charge is 0.330 e. The number of nitrogens with zero attached hydrogens (tertiary/aromatic N) is 1. The molecule has 21 heavy (non-hydrogen) atoms. The zero-order valence-corrected chi connectivity index (χ0v) is 12.1. The molecule has 8 heteroatoms. The van der Waals surface area contributed by atoms with Gasteiger partial charge in [0.25, 0.3) is 5.56 Å². The molecule has 2 heterocycles. The first kappa shape index (κ1) is 15.9. The molecule has 2 unspecified atom stereocenters. The second-order valence-electron chi connectivity index (χ2n) is 5.07. The highest BCUT2D eigenvalue weighted by Crippen LogP contribution is 2.32. The van der Waals surface area contributed by atoms with Gasteiger partial charge in [-0.25, -0.2) is 4.79 Å². The minimum absolute atomic E-state index is 0.245. The van der Waals surface area contributed by atoms with Crippen LogP contribution in [0.5, 0.6) is 0 Å². The topological polar surface area (TPSA) is 120 Å². The number of H-pyrrole nitrogens is 1. The molecule has 0 bridgehead atoms. The molecule has 1 saturated heterocycles. The van der Waals surface area contributed by atoms with E-state index in [1.807, 2.05) is 6.92 Å². The molecule has 1 aromatic heterocycles. The van der Waals surface area contributed by atoms with Crippen molar-refractivity contribution < 1.29 is 14.6 Å². The SMILES string of the molecule is CC[C@H]1O[C@@H](n2cc(C)c(=O)[nH]c2=O)C(OCCN)C1O. The fraction of sp³-hybridized carbons (Fsp3) is 0.692. The van der Waals surface area contributed by atoms with Crippen LogP contribution in [0, 0.1) is 6.92 Å². The molecule has 1 aliphatic heterocycles. The first-order chi connectivity index (χ1) is 9.99. The average molecular weight is 299 g/mol. The van der Waals surface area contributed by atoms with Gasteiger partial charge >= 0.3 is 5.69 Å². The Morgan fingerprint density at radius 3 is 2.86 bits per heavy atom. The second-order valence-corrected chi connectivity index (χ2v) is 5.07. The van der Waals surface area contributed by atoms with E-state index in [1.54, 1.807) is 6.92 Å². The molecule has 4 N–H and O–H groups in total. The highest BCUT2D eigenvalue weighted by molar-refractivity contribution is 5.03. The lowest BCUT2D eigenvalue weighted by molar-refractivity contribution is -0.0686. The van der Waals surface area contributed by atoms with E-state index in [2.05, 4.69) is 4.98 Å². The van der Waals surface area contributed by atoms with Gasteiger partial charge in [0.2, 0.25) is 0 Å². The molecule has 4 atom stereocenters. The first-order valence-electron chi connectivity index (χ1n) is 6.96. The Labute approximate surface area is 121 Å². The molecule has 118 valence electrons. The summed E-state index contributed by atoms with van der Waals surface area (Å²) < 4.78 is 12.5. The Balaban J connectivity index is 2.37. The maximum Gasteiger partial charge on any atom is 0.330 e. The highest BCUT2D eigenvalue weighted by atomic mass is 16.6. The van der Waals surface area contributed by atoms with Crippen LogP contribution in [-0.4, -0.2) is 46.1 Å². The largest absolute Gasteiger partial charge is 0.388 e. The Morgan fingerprint density at radius 1 is 1.52 bits per heavy atom. The zero-order chi connectivity index (χ0) is 15.6. The van der Waals surface area contributed by atoms with E-state index in [0.29, 0.717) is 18.5 Å². The fourth-order valence-corrected chi connectivity index (χ4v) is 2.44. The fourth-order valence-electron chi connectivity index (χ4n) is 2.44. The average Bonchev–Trinajstić information content (AvgIpc) is 2.77. The maximum absolute atomic E-state index is 12.0. The monoisotopic (exact) mass is 299 g/mol. The van der Waals surface area contributed by atoms with E-state index in [0.717, 1.165) is 0 Å². The predicted octanol–water partition coefficient (Wildman–Crippen LogP) is -1.14. The van der Waals surface area contributed by atoms with Gasteiger partial charge in [0.1, 0.15) is 12.2 Å². The number of aliphatic hydroxyl groups excluding tert-OH is 1. The number of aliphatic hydroxyl groups is 1. The predicted molar refractivity (Wildman–Crippen MR) is 75.1 cm³/mol. The number of nitrogens with one attached hydrogen (secondary N) is 1. The van der Waals surface area contributed by atoms with Gasteiger partial charge in [-0.15, -0.1) is 0 Å². The molecule has 1 fully saturated rings. The molecule has 1 aromatic rings. The van der Waals surface area contributed by atoms with Crippen LogP contribution in [0.15, 0.2) is 15.8 Å². The van der Waals surface area contributed by atoms with Crippen LogP contribution in [0.1, 0.15) is 25.1 Å². The third kappa shape index (κ3) is 3.08. The van der Waals surface area contributed by atoms with Gasteiger partial charge in [0.15, 0.2) is 6.23 Å². The summed E-state index contributed by atoms with van der Waals surface area (Å²) in [5, 5.41) is 10.2. The van der Waals surface area contributed by atoms with Gasteiger partial charge < -0.3 is 20.3 Å². The van der Waals surface area contributed by atoms with E-state index >= 15 is 0 Å². The molecule has 0 aliphatic carbocycles. The van der Waals surface area contributed by atoms with Crippen LogP contribution in [0.3, 0.4) is 0 Å². The lowest BCUT2D eigenvalue weighted by Crippen LogP contribution is -2.40. The van der Waals surface area contributed by atoms with Gasteiger partial charge in [-0.05, 0) is 13.3 Å². The Kier molecular flexibility index (Phi) is 4.94. The Hall–Kier alpha value is -1.48. The molecule has 8 nitrogen and oxygen atoms in total. The van der Waals surface area contributed by atoms with Gasteiger partial charge in [-0.2, -0.15) is 0 Å². The number of aromatic nitrogens is 2. The third-order valence-electron chi connectivity index (χ3n) is 3.56. The molecule has 1 aliphatic rings. The number of aryl methyl sites for hydroxylation is 1. The summed E-state index contributed by atoms with van der Waals surface area (Å²) in [5.74, 6) is 0. The van der Waals surface area contributed by atoms with Crippen molar-refractivity contribution in [2.24, 2.45) is 5.73 Å². The summed E-state index contributed by atoms with van der Waals surface area (Å²) in [5.41, 5.74) is 4.75. The lowest BCUT2D eigenvalue weighted by Gasteiger charge is -2.22. The van der Waals surface area contributed by atoms with Crippen LogP contribution in [0.2, 0.25) is 0 Å². The molecule has 0 aromatic carbocycles. The summed E-state index contributed by atoms with van der Waals surface area (Å²) >= 11 is 0. The molecular formula is C13H21N3O5. The second kappa shape index (κ2) is 6.52. The van der Waals surface area contributed by atoms with Crippen molar-refractivity contribution in [1.82, 2.24) is 9.55 Å². The normalized spacial score (nSPS) is 29.0. The van der Waals surface area contributed by atoms with E-state index in [4.69, 9.17) is 15.2 Å². The van der Waals surface area contributed by atoms with Crippen molar-refractivity contribution in [3.8, 4) is 0 Å². The summed E-state index contributed by atoms with van der Waals surface area (Å²) in [6.45, 7) is 4.01.